The van der Waals surface area contributed by atoms with E-state index in [1.54, 1.807) is 30.3 Å². The van der Waals surface area contributed by atoms with E-state index in [1.165, 1.54) is 0 Å². The summed E-state index contributed by atoms with van der Waals surface area (Å²) in [6.45, 7) is 0.420. The van der Waals surface area contributed by atoms with Crippen molar-refractivity contribution < 1.29 is 24.6 Å². The number of aliphatic carboxylic acids is 2. The van der Waals surface area contributed by atoms with Gasteiger partial charge in [-0.3, -0.25) is 9.63 Å². The van der Waals surface area contributed by atoms with Crippen LogP contribution in [0.2, 0.25) is 0 Å². The molecular formula is C14H20N2O5. The van der Waals surface area contributed by atoms with Gasteiger partial charge in [-0.05, 0) is 24.8 Å². The maximum absolute atomic E-state index is 11.1. The predicted molar refractivity (Wildman–Crippen MR) is 75.4 cm³/mol. The Balaban J connectivity index is 2.26. The number of hydrogen-bond donors (Lipinski definition) is 4. The van der Waals surface area contributed by atoms with E-state index in [-0.39, 0.29) is 0 Å². The molecule has 0 saturated heterocycles. The van der Waals surface area contributed by atoms with Gasteiger partial charge < -0.3 is 15.9 Å². The Morgan fingerprint density at radius 3 is 2.38 bits per heavy atom. The summed E-state index contributed by atoms with van der Waals surface area (Å²) in [5.41, 5.74) is 8.51. The molecule has 0 heterocycles. The summed E-state index contributed by atoms with van der Waals surface area (Å²) in [6.07, 6.45) is 0.556. The van der Waals surface area contributed by atoms with E-state index in [0.717, 1.165) is 0 Å². The number of nitrogens with one attached hydrogen (secondary N) is 1. The van der Waals surface area contributed by atoms with Crippen molar-refractivity contribution >= 4 is 11.9 Å². The Bertz CT molecular complexity index is 452. The average Bonchev–Trinajstić information content (AvgIpc) is 2.46. The van der Waals surface area contributed by atoms with Crippen LogP contribution in [0.15, 0.2) is 30.3 Å². The number of carbonyl (C=O) groups is 2. The number of unbranched alkanes of at least 4 members (excludes halogenated alkanes) is 1. The molecule has 5 N–H and O–H groups in total. The number of carboxylic acid groups (broad SMARTS) is 2. The first-order chi connectivity index (χ1) is 10.0. The van der Waals surface area contributed by atoms with Crippen LogP contribution in [0, 0.1) is 0 Å². The molecule has 0 saturated carbocycles. The lowest BCUT2D eigenvalue weighted by molar-refractivity contribution is -0.156. The Labute approximate surface area is 122 Å². The number of rotatable bonds is 10. The van der Waals surface area contributed by atoms with Gasteiger partial charge in [0.2, 0.25) is 6.10 Å². The van der Waals surface area contributed by atoms with Crippen molar-refractivity contribution in [3.05, 3.63) is 35.9 Å². The summed E-state index contributed by atoms with van der Waals surface area (Å²) >= 11 is 0. The molecule has 0 amide bonds. The SMILES string of the molecule is N[C@H](CCCCNOC(C(=O)O)c1ccccc1)C(=O)O. The van der Waals surface area contributed by atoms with Crippen LogP contribution in [0.5, 0.6) is 0 Å². The second-order valence-electron chi connectivity index (χ2n) is 4.58. The van der Waals surface area contributed by atoms with Crippen LogP contribution < -0.4 is 11.2 Å². The van der Waals surface area contributed by atoms with Crippen LogP contribution in [0.25, 0.3) is 0 Å². The molecule has 0 fully saturated rings. The molecule has 116 valence electrons. The maximum Gasteiger partial charge on any atom is 0.339 e. The molecule has 0 spiro atoms. The summed E-state index contributed by atoms with van der Waals surface area (Å²) < 4.78 is 0. The molecule has 1 aromatic rings. The van der Waals surface area contributed by atoms with E-state index in [4.69, 9.17) is 20.8 Å². The number of nitrogens with two attached hydrogens (primary N) is 1. The molecule has 1 rings (SSSR count). The van der Waals surface area contributed by atoms with Crippen molar-refractivity contribution in [3.63, 3.8) is 0 Å². The van der Waals surface area contributed by atoms with Gasteiger partial charge in [-0.1, -0.05) is 30.3 Å². The Morgan fingerprint density at radius 2 is 1.81 bits per heavy atom. The van der Waals surface area contributed by atoms with Gasteiger partial charge in [0.05, 0.1) is 0 Å². The number of carboxylic acids is 2. The van der Waals surface area contributed by atoms with Crippen LogP contribution in [-0.4, -0.2) is 34.7 Å². The molecular weight excluding hydrogens is 276 g/mol. The van der Waals surface area contributed by atoms with Crippen molar-refractivity contribution in [1.82, 2.24) is 5.48 Å². The van der Waals surface area contributed by atoms with E-state index >= 15 is 0 Å². The average molecular weight is 296 g/mol. The maximum atomic E-state index is 11.1. The molecule has 0 aliphatic carbocycles. The second kappa shape index (κ2) is 9.06. The number of benzene rings is 1. The minimum Gasteiger partial charge on any atom is -0.480 e. The van der Waals surface area contributed by atoms with Crippen LogP contribution in [-0.2, 0) is 14.4 Å². The Hall–Kier alpha value is -1.96. The topological polar surface area (TPSA) is 122 Å². The van der Waals surface area contributed by atoms with Crippen molar-refractivity contribution in [2.24, 2.45) is 5.73 Å². The fraction of sp³-hybridized carbons (Fsp3) is 0.429. The van der Waals surface area contributed by atoms with E-state index < -0.39 is 24.1 Å². The molecule has 1 aromatic carbocycles. The van der Waals surface area contributed by atoms with Gasteiger partial charge in [-0.15, -0.1) is 0 Å². The van der Waals surface area contributed by atoms with Crippen LogP contribution in [0.4, 0.5) is 0 Å². The molecule has 21 heavy (non-hydrogen) atoms. The third-order valence-corrected chi connectivity index (χ3v) is 2.89. The largest absolute Gasteiger partial charge is 0.480 e. The molecule has 0 aliphatic rings. The van der Waals surface area contributed by atoms with Crippen LogP contribution >= 0.6 is 0 Å². The molecule has 7 nitrogen and oxygen atoms in total. The van der Waals surface area contributed by atoms with E-state index in [9.17, 15) is 9.59 Å². The standard InChI is InChI=1S/C14H20N2O5/c15-11(13(17)18)8-4-5-9-16-21-12(14(19)20)10-6-2-1-3-7-10/h1-3,6-7,11-12,16H,4-5,8-9,15H2,(H,17,18)(H,19,20)/t11-,12?/m1/s1. The number of hydroxylamine groups is 1. The number of hydrogen-bond acceptors (Lipinski definition) is 5. The molecule has 0 aromatic heterocycles. The molecule has 0 aliphatic heterocycles. The van der Waals surface area contributed by atoms with E-state index in [1.807, 2.05) is 0 Å². The zero-order valence-corrected chi connectivity index (χ0v) is 11.6. The van der Waals surface area contributed by atoms with Crippen LogP contribution in [0.1, 0.15) is 30.9 Å². The molecule has 0 radical (unpaired) electrons. The van der Waals surface area contributed by atoms with Gasteiger partial charge in [0.15, 0.2) is 0 Å². The lowest BCUT2D eigenvalue weighted by atomic mass is 10.1. The monoisotopic (exact) mass is 296 g/mol. The Kier molecular flexibility index (Phi) is 7.38. The molecule has 0 bridgehead atoms. The van der Waals surface area contributed by atoms with Gasteiger partial charge in [0.1, 0.15) is 6.04 Å². The lowest BCUT2D eigenvalue weighted by Gasteiger charge is -2.14. The zero-order chi connectivity index (χ0) is 15.7. The molecule has 7 heteroatoms. The van der Waals surface area contributed by atoms with Crippen molar-refractivity contribution in [3.8, 4) is 0 Å². The highest BCUT2D eigenvalue weighted by molar-refractivity contribution is 5.74. The summed E-state index contributed by atoms with van der Waals surface area (Å²) in [5.74, 6) is -2.10. The second-order valence-corrected chi connectivity index (χ2v) is 4.58. The first kappa shape index (κ1) is 17.1. The van der Waals surface area contributed by atoms with Gasteiger partial charge in [-0.2, -0.15) is 0 Å². The van der Waals surface area contributed by atoms with Crippen molar-refractivity contribution in [2.45, 2.75) is 31.4 Å². The minimum absolute atomic E-state index is 0.373. The minimum atomic E-state index is -1.08. The molecule has 1 unspecified atom stereocenters. The normalized spacial score (nSPS) is 13.6. The van der Waals surface area contributed by atoms with Gasteiger partial charge in [0, 0.05) is 6.54 Å². The van der Waals surface area contributed by atoms with E-state index in [0.29, 0.717) is 31.4 Å². The van der Waals surface area contributed by atoms with Crippen LogP contribution in [0.3, 0.4) is 0 Å². The first-order valence-electron chi connectivity index (χ1n) is 6.67. The Morgan fingerprint density at radius 1 is 1.14 bits per heavy atom. The highest BCUT2D eigenvalue weighted by Gasteiger charge is 2.20. The lowest BCUT2D eigenvalue weighted by Crippen LogP contribution is -2.30. The first-order valence-corrected chi connectivity index (χ1v) is 6.67. The van der Waals surface area contributed by atoms with Crippen molar-refractivity contribution in [1.29, 1.82) is 0 Å². The van der Waals surface area contributed by atoms with E-state index in [2.05, 4.69) is 5.48 Å². The highest BCUT2D eigenvalue weighted by atomic mass is 16.7. The zero-order valence-electron chi connectivity index (χ0n) is 11.6. The summed E-state index contributed by atoms with van der Waals surface area (Å²) in [7, 11) is 0. The van der Waals surface area contributed by atoms with Gasteiger partial charge in [-0.25, -0.2) is 10.3 Å². The quantitative estimate of drug-likeness (QED) is 0.374. The summed E-state index contributed by atoms with van der Waals surface area (Å²) in [4.78, 5) is 26.8. The van der Waals surface area contributed by atoms with Gasteiger partial charge >= 0.3 is 11.9 Å². The summed E-state index contributed by atoms with van der Waals surface area (Å²) in [6, 6.07) is 7.76. The van der Waals surface area contributed by atoms with Crippen molar-refractivity contribution in [2.75, 3.05) is 6.54 Å². The summed E-state index contributed by atoms with van der Waals surface area (Å²) in [5, 5.41) is 17.7. The highest BCUT2D eigenvalue weighted by Crippen LogP contribution is 2.15. The predicted octanol–water partition coefficient (Wildman–Crippen LogP) is 0.916. The smallest absolute Gasteiger partial charge is 0.339 e. The third-order valence-electron chi connectivity index (χ3n) is 2.89. The fourth-order valence-electron chi connectivity index (χ4n) is 1.72. The molecule has 2 atom stereocenters. The van der Waals surface area contributed by atoms with Gasteiger partial charge in [0.25, 0.3) is 0 Å². The third kappa shape index (κ3) is 6.35. The fourth-order valence-corrected chi connectivity index (χ4v) is 1.72.